The number of benzene rings is 2. The molecule has 0 radical (unpaired) electrons. The topological polar surface area (TPSA) is 26.0 Å². The molecule has 110 valence electrons. The van der Waals surface area contributed by atoms with E-state index in [1.165, 1.54) is 27.1 Å². The Hall–Kier alpha value is -1.25. The fourth-order valence-electron chi connectivity index (χ4n) is 3.20. The Bertz CT molecular complexity index is 650. The Morgan fingerprint density at radius 2 is 1.76 bits per heavy atom. The van der Waals surface area contributed by atoms with Gasteiger partial charge in [0.2, 0.25) is 0 Å². The predicted molar refractivity (Wildman–Crippen MR) is 92.0 cm³/mol. The summed E-state index contributed by atoms with van der Waals surface area (Å²) in [5.74, 6) is 0.587. The Morgan fingerprint density at radius 1 is 1.05 bits per heavy atom. The third-order valence-corrected chi connectivity index (χ3v) is 5.98. The van der Waals surface area contributed by atoms with E-state index in [4.69, 9.17) is 5.73 Å². The normalized spacial score (nSPS) is 24.7. The number of nitrogens with two attached hydrogens (primary N) is 1. The molecule has 0 heterocycles. The van der Waals surface area contributed by atoms with Crippen LogP contribution in [-0.4, -0.2) is 5.25 Å². The molecule has 3 unspecified atom stereocenters. The second-order valence-corrected chi connectivity index (χ2v) is 7.50. The lowest BCUT2D eigenvalue weighted by atomic mass is 9.81. The van der Waals surface area contributed by atoms with E-state index >= 15 is 0 Å². The number of hydrogen-bond donors (Lipinski definition) is 1. The van der Waals surface area contributed by atoms with Gasteiger partial charge in [-0.3, -0.25) is 0 Å². The molecule has 1 aliphatic rings. The summed E-state index contributed by atoms with van der Waals surface area (Å²) in [6.07, 6.45) is 1.15. The Kier molecular flexibility index (Phi) is 4.10. The van der Waals surface area contributed by atoms with Gasteiger partial charge in [-0.25, -0.2) is 0 Å². The van der Waals surface area contributed by atoms with Crippen molar-refractivity contribution < 1.29 is 0 Å². The van der Waals surface area contributed by atoms with Gasteiger partial charge < -0.3 is 5.73 Å². The zero-order valence-electron chi connectivity index (χ0n) is 13.0. The van der Waals surface area contributed by atoms with Crippen LogP contribution < -0.4 is 5.73 Å². The molecular weight excluding hydrogens is 274 g/mol. The van der Waals surface area contributed by atoms with Gasteiger partial charge in [-0.15, -0.1) is 11.8 Å². The van der Waals surface area contributed by atoms with Crippen molar-refractivity contribution in [3.8, 4) is 0 Å². The van der Waals surface area contributed by atoms with Crippen LogP contribution in [0.3, 0.4) is 0 Å². The summed E-state index contributed by atoms with van der Waals surface area (Å²) in [6.45, 7) is 6.66. The van der Waals surface area contributed by atoms with E-state index in [1.54, 1.807) is 0 Å². The third-order valence-electron chi connectivity index (χ3n) is 4.49. The molecule has 0 saturated heterocycles. The van der Waals surface area contributed by atoms with Crippen molar-refractivity contribution in [1.29, 1.82) is 0 Å². The van der Waals surface area contributed by atoms with E-state index < -0.39 is 0 Å². The molecule has 2 N–H and O–H groups in total. The van der Waals surface area contributed by atoms with E-state index in [9.17, 15) is 0 Å². The summed E-state index contributed by atoms with van der Waals surface area (Å²) in [5, 5.41) is 0.454. The van der Waals surface area contributed by atoms with Gasteiger partial charge in [0.05, 0.1) is 0 Å². The maximum absolute atomic E-state index is 6.57. The van der Waals surface area contributed by atoms with Crippen molar-refractivity contribution in [2.24, 2.45) is 5.73 Å². The van der Waals surface area contributed by atoms with Gasteiger partial charge in [-0.05, 0) is 48.9 Å². The Labute approximate surface area is 132 Å². The van der Waals surface area contributed by atoms with Crippen molar-refractivity contribution in [2.45, 2.75) is 49.3 Å². The van der Waals surface area contributed by atoms with E-state index in [0.29, 0.717) is 11.2 Å². The minimum absolute atomic E-state index is 0.127. The summed E-state index contributed by atoms with van der Waals surface area (Å²) in [6, 6.07) is 15.5. The summed E-state index contributed by atoms with van der Waals surface area (Å²) in [7, 11) is 0. The van der Waals surface area contributed by atoms with Crippen molar-refractivity contribution in [2.75, 3.05) is 0 Å². The van der Waals surface area contributed by atoms with E-state index in [1.807, 2.05) is 11.8 Å². The van der Waals surface area contributed by atoms with Crippen LogP contribution in [0.5, 0.6) is 0 Å². The van der Waals surface area contributed by atoms with Crippen LogP contribution >= 0.6 is 11.8 Å². The molecule has 1 aliphatic carbocycles. The van der Waals surface area contributed by atoms with Crippen LogP contribution in [0.2, 0.25) is 0 Å². The first-order chi connectivity index (χ1) is 10.1. The molecule has 2 aromatic carbocycles. The molecule has 0 bridgehead atoms. The fourth-order valence-corrected chi connectivity index (χ4v) is 4.72. The molecule has 3 atom stereocenters. The molecule has 0 aliphatic heterocycles. The number of rotatable bonds is 2. The summed E-state index contributed by atoms with van der Waals surface area (Å²) < 4.78 is 0. The number of thioether (sulfide) groups is 1. The first kappa shape index (κ1) is 14.7. The van der Waals surface area contributed by atoms with Crippen LogP contribution in [0.25, 0.3) is 0 Å². The monoisotopic (exact) mass is 297 g/mol. The highest BCUT2D eigenvalue weighted by Crippen LogP contribution is 2.44. The lowest BCUT2D eigenvalue weighted by molar-refractivity contribution is 0.527. The highest BCUT2D eigenvalue weighted by molar-refractivity contribution is 8.00. The predicted octanol–water partition coefficient (Wildman–Crippen LogP) is 4.97. The van der Waals surface area contributed by atoms with E-state index in [2.05, 4.69) is 63.2 Å². The Morgan fingerprint density at radius 3 is 2.52 bits per heavy atom. The van der Waals surface area contributed by atoms with Gasteiger partial charge in [-0.1, -0.05) is 48.9 Å². The molecule has 0 saturated carbocycles. The second kappa shape index (κ2) is 5.86. The van der Waals surface area contributed by atoms with Crippen LogP contribution in [-0.2, 0) is 0 Å². The van der Waals surface area contributed by atoms with Crippen molar-refractivity contribution in [3.63, 3.8) is 0 Å². The molecule has 0 aromatic heterocycles. The standard InChI is InChI=1S/C19H23NS/c1-12-8-9-13(2)17(10-12)21-18-11-14(3)15-6-4-5-7-16(15)19(18)20/h4-10,14,18-19H,11,20H2,1-3H3. The summed E-state index contributed by atoms with van der Waals surface area (Å²) in [4.78, 5) is 1.38. The SMILES string of the molecule is Cc1ccc(C)c(SC2CC(C)c3ccccc3C2N)c1. The second-order valence-electron chi connectivity index (χ2n) is 6.22. The van der Waals surface area contributed by atoms with Gasteiger partial charge in [0, 0.05) is 16.2 Å². The molecule has 1 nitrogen and oxygen atoms in total. The zero-order chi connectivity index (χ0) is 15.0. The van der Waals surface area contributed by atoms with Gasteiger partial charge in [0.25, 0.3) is 0 Å². The number of fused-ring (bicyclic) bond motifs is 1. The van der Waals surface area contributed by atoms with Crippen LogP contribution in [0.1, 0.15) is 47.6 Å². The fraction of sp³-hybridized carbons (Fsp3) is 0.368. The van der Waals surface area contributed by atoms with Crippen molar-refractivity contribution >= 4 is 11.8 Å². The highest BCUT2D eigenvalue weighted by Gasteiger charge is 2.31. The average molecular weight is 297 g/mol. The zero-order valence-corrected chi connectivity index (χ0v) is 13.8. The van der Waals surface area contributed by atoms with Gasteiger partial charge in [-0.2, -0.15) is 0 Å². The molecular formula is C19H23NS. The number of aryl methyl sites for hydroxylation is 2. The molecule has 0 amide bonds. The van der Waals surface area contributed by atoms with Gasteiger partial charge >= 0.3 is 0 Å². The highest BCUT2D eigenvalue weighted by atomic mass is 32.2. The minimum atomic E-state index is 0.127. The Balaban J connectivity index is 1.89. The molecule has 2 heteroatoms. The first-order valence-corrected chi connectivity index (χ1v) is 8.52. The molecule has 0 spiro atoms. The van der Waals surface area contributed by atoms with E-state index in [-0.39, 0.29) is 6.04 Å². The molecule has 0 fully saturated rings. The van der Waals surface area contributed by atoms with Gasteiger partial charge in [0.15, 0.2) is 0 Å². The average Bonchev–Trinajstić information content (AvgIpc) is 2.48. The van der Waals surface area contributed by atoms with Crippen LogP contribution in [0, 0.1) is 13.8 Å². The van der Waals surface area contributed by atoms with Crippen molar-refractivity contribution in [1.82, 2.24) is 0 Å². The van der Waals surface area contributed by atoms with Crippen molar-refractivity contribution in [3.05, 3.63) is 64.7 Å². The minimum Gasteiger partial charge on any atom is -0.323 e. The molecule has 3 rings (SSSR count). The smallest absolute Gasteiger partial charge is 0.0422 e. The molecule has 2 aromatic rings. The third kappa shape index (κ3) is 2.88. The van der Waals surface area contributed by atoms with Crippen LogP contribution in [0.4, 0.5) is 0 Å². The lowest BCUT2D eigenvalue weighted by Crippen LogP contribution is -2.30. The first-order valence-electron chi connectivity index (χ1n) is 7.64. The van der Waals surface area contributed by atoms with E-state index in [0.717, 1.165) is 6.42 Å². The summed E-state index contributed by atoms with van der Waals surface area (Å²) >= 11 is 1.96. The molecule has 21 heavy (non-hydrogen) atoms. The largest absolute Gasteiger partial charge is 0.323 e. The summed E-state index contributed by atoms with van der Waals surface area (Å²) in [5.41, 5.74) is 12.0. The maximum Gasteiger partial charge on any atom is 0.0422 e. The van der Waals surface area contributed by atoms with Gasteiger partial charge in [0.1, 0.15) is 0 Å². The lowest BCUT2D eigenvalue weighted by Gasteiger charge is -2.34. The quantitative estimate of drug-likeness (QED) is 0.846. The van der Waals surface area contributed by atoms with Crippen LogP contribution in [0.15, 0.2) is 47.4 Å². The number of hydrogen-bond acceptors (Lipinski definition) is 2. The maximum atomic E-state index is 6.57.